The van der Waals surface area contributed by atoms with E-state index in [9.17, 15) is 4.79 Å². The zero-order valence-electron chi connectivity index (χ0n) is 21.1. The molecule has 6 nitrogen and oxygen atoms in total. The Morgan fingerprint density at radius 1 is 0.971 bits per heavy atom. The van der Waals surface area contributed by atoms with E-state index in [1.165, 1.54) is 18.1 Å². The Bertz CT molecular complexity index is 1350. The molecule has 0 aliphatic rings. The van der Waals surface area contributed by atoms with E-state index in [4.69, 9.17) is 9.72 Å². The molecule has 0 radical (unpaired) electrons. The Kier molecular flexibility index (Phi) is 7.30. The number of rotatable bonds is 8. The van der Waals surface area contributed by atoms with Gasteiger partial charge in [-0.25, -0.2) is 9.97 Å². The van der Waals surface area contributed by atoms with E-state index in [1.54, 1.807) is 7.11 Å². The standard InChI is InChI=1S/C29H32N4O2/c1-6-15-33(29-27-14-13-26(35-5)17-28(27)30-20(3)31-29)18-24-16-23(8-7-19(24)2)22-9-11-25(12-10-22)32-21(4)34/h7-14,16-17H,6,15,18H2,1-5H3,(H,32,34). The van der Waals surface area contributed by atoms with Crippen molar-refractivity contribution >= 4 is 28.3 Å². The molecule has 180 valence electrons. The highest BCUT2D eigenvalue weighted by Gasteiger charge is 2.16. The van der Waals surface area contributed by atoms with Gasteiger partial charge in [-0.2, -0.15) is 0 Å². The minimum atomic E-state index is -0.0719. The second-order valence-corrected chi connectivity index (χ2v) is 8.80. The van der Waals surface area contributed by atoms with Crippen LogP contribution in [0.25, 0.3) is 22.0 Å². The maximum atomic E-state index is 11.3. The summed E-state index contributed by atoms with van der Waals surface area (Å²) >= 11 is 0. The monoisotopic (exact) mass is 468 g/mol. The molecule has 0 atom stereocenters. The molecule has 35 heavy (non-hydrogen) atoms. The summed E-state index contributed by atoms with van der Waals surface area (Å²) in [6.07, 6.45) is 1.00. The maximum absolute atomic E-state index is 11.3. The lowest BCUT2D eigenvalue weighted by molar-refractivity contribution is -0.114. The van der Waals surface area contributed by atoms with Crippen LogP contribution in [0.15, 0.2) is 60.7 Å². The predicted molar refractivity (Wildman–Crippen MR) is 143 cm³/mol. The molecule has 0 spiro atoms. The minimum Gasteiger partial charge on any atom is -0.497 e. The molecule has 6 heteroatoms. The molecule has 1 amide bonds. The van der Waals surface area contributed by atoms with E-state index in [0.29, 0.717) is 0 Å². The zero-order chi connectivity index (χ0) is 24.9. The number of hydrogen-bond acceptors (Lipinski definition) is 5. The number of ether oxygens (including phenoxy) is 1. The fourth-order valence-electron chi connectivity index (χ4n) is 4.28. The average molecular weight is 469 g/mol. The third-order valence-corrected chi connectivity index (χ3v) is 6.04. The number of aromatic nitrogens is 2. The number of carbonyl (C=O) groups excluding carboxylic acids is 1. The molecule has 1 heterocycles. The summed E-state index contributed by atoms with van der Waals surface area (Å²) in [6.45, 7) is 9.41. The Labute approximate surface area is 207 Å². The highest BCUT2D eigenvalue weighted by molar-refractivity contribution is 5.91. The Morgan fingerprint density at radius 3 is 2.40 bits per heavy atom. The number of nitrogens with one attached hydrogen (secondary N) is 1. The number of amides is 1. The van der Waals surface area contributed by atoms with Crippen LogP contribution in [0.1, 0.15) is 37.2 Å². The number of methoxy groups -OCH3 is 1. The number of hydrogen-bond donors (Lipinski definition) is 1. The second kappa shape index (κ2) is 10.6. The summed E-state index contributed by atoms with van der Waals surface area (Å²) in [7, 11) is 1.67. The largest absolute Gasteiger partial charge is 0.497 e. The molecule has 0 aliphatic heterocycles. The van der Waals surface area contributed by atoms with Crippen molar-refractivity contribution in [1.82, 2.24) is 9.97 Å². The first kappa shape index (κ1) is 24.2. The van der Waals surface area contributed by atoms with Crippen molar-refractivity contribution in [1.29, 1.82) is 0 Å². The minimum absolute atomic E-state index is 0.0719. The fourth-order valence-corrected chi connectivity index (χ4v) is 4.28. The molecule has 1 N–H and O–H groups in total. The molecule has 0 aliphatic carbocycles. The summed E-state index contributed by atoms with van der Waals surface area (Å²) < 4.78 is 5.41. The molecule has 0 unspecified atom stereocenters. The van der Waals surface area contributed by atoms with E-state index in [-0.39, 0.29) is 5.91 Å². The number of aryl methyl sites for hydroxylation is 2. The van der Waals surface area contributed by atoms with Gasteiger partial charge in [0.2, 0.25) is 5.91 Å². The lowest BCUT2D eigenvalue weighted by Crippen LogP contribution is -2.25. The second-order valence-electron chi connectivity index (χ2n) is 8.80. The molecule has 1 aromatic heterocycles. The molecule has 0 saturated heterocycles. The van der Waals surface area contributed by atoms with Gasteiger partial charge in [-0.15, -0.1) is 0 Å². The quantitative estimate of drug-likeness (QED) is 0.329. The van der Waals surface area contributed by atoms with Crippen LogP contribution >= 0.6 is 0 Å². The smallest absolute Gasteiger partial charge is 0.221 e. The molecule has 0 fully saturated rings. The van der Waals surface area contributed by atoms with Gasteiger partial charge in [-0.3, -0.25) is 4.79 Å². The van der Waals surface area contributed by atoms with E-state index < -0.39 is 0 Å². The van der Waals surface area contributed by atoms with Gasteiger partial charge in [0.15, 0.2) is 0 Å². The first-order valence-corrected chi connectivity index (χ1v) is 11.9. The van der Waals surface area contributed by atoms with Crippen LogP contribution in [0.2, 0.25) is 0 Å². The molecular weight excluding hydrogens is 436 g/mol. The van der Waals surface area contributed by atoms with Crippen molar-refractivity contribution in [3.63, 3.8) is 0 Å². The van der Waals surface area contributed by atoms with Crippen molar-refractivity contribution in [2.45, 2.75) is 40.7 Å². The van der Waals surface area contributed by atoms with Gasteiger partial charge in [-0.1, -0.05) is 31.2 Å². The third-order valence-electron chi connectivity index (χ3n) is 6.04. The third kappa shape index (κ3) is 5.60. The van der Waals surface area contributed by atoms with Crippen molar-refractivity contribution < 1.29 is 9.53 Å². The van der Waals surface area contributed by atoms with E-state index >= 15 is 0 Å². The Morgan fingerprint density at radius 2 is 1.71 bits per heavy atom. The predicted octanol–water partition coefficient (Wildman–Crippen LogP) is 6.30. The van der Waals surface area contributed by atoms with Crippen molar-refractivity contribution in [2.24, 2.45) is 0 Å². The van der Waals surface area contributed by atoms with Gasteiger partial charge < -0.3 is 15.0 Å². The van der Waals surface area contributed by atoms with Crippen molar-refractivity contribution in [3.8, 4) is 16.9 Å². The molecule has 3 aromatic carbocycles. The van der Waals surface area contributed by atoms with Gasteiger partial charge in [0.25, 0.3) is 0 Å². The highest BCUT2D eigenvalue weighted by atomic mass is 16.5. The average Bonchev–Trinajstić information content (AvgIpc) is 2.84. The summed E-state index contributed by atoms with van der Waals surface area (Å²) in [5.74, 6) is 2.40. The van der Waals surface area contributed by atoms with Crippen LogP contribution in [0.3, 0.4) is 0 Å². The zero-order valence-corrected chi connectivity index (χ0v) is 21.1. The van der Waals surface area contributed by atoms with Crippen LogP contribution in [-0.4, -0.2) is 29.5 Å². The van der Waals surface area contributed by atoms with Gasteiger partial charge in [0.1, 0.15) is 17.4 Å². The summed E-state index contributed by atoms with van der Waals surface area (Å²) in [5.41, 5.74) is 6.42. The van der Waals surface area contributed by atoms with Crippen LogP contribution in [0, 0.1) is 13.8 Å². The van der Waals surface area contributed by atoms with E-state index in [2.05, 4.69) is 47.2 Å². The van der Waals surface area contributed by atoms with Crippen LogP contribution in [0.5, 0.6) is 5.75 Å². The summed E-state index contributed by atoms with van der Waals surface area (Å²) in [5, 5.41) is 3.84. The molecule has 4 rings (SSSR count). The normalized spacial score (nSPS) is 10.9. The molecule has 0 saturated carbocycles. The van der Waals surface area contributed by atoms with Crippen molar-refractivity contribution in [2.75, 3.05) is 23.9 Å². The summed E-state index contributed by atoms with van der Waals surface area (Å²) in [4.78, 5) is 23.2. The lowest BCUT2D eigenvalue weighted by Gasteiger charge is -2.26. The van der Waals surface area contributed by atoms with Gasteiger partial charge in [0, 0.05) is 37.2 Å². The lowest BCUT2D eigenvalue weighted by atomic mass is 9.99. The maximum Gasteiger partial charge on any atom is 0.221 e. The number of nitrogens with zero attached hydrogens (tertiary/aromatic N) is 3. The first-order valence-electron chi connectivity index (χ1n) is 11.9. The topological polar surface area (TPSA) is 67.4 Å². The Hall–Kier alpha value is -3.93. The van der Waals surface area contributed by atoms with Gasteiger partial charge >= 0.3 is 0 Å². The molecule has 0 bridgehead atoms. The van der Waals surface area contributed by atoms with Crippen molar-refractivity contribution in [3.05, 3.63) is 77.6 Å². The summed E-state index contributed by atoms with van der Waals surface area (Å²) in [6, 6.07) is 20.5. The number of anilines is 2. The first-order chi connectivity index (χ1) is 16.9. The van der Waals surface area contributed by atoms with E-state index in [1.807, 2.05) is 49.4 Å². The van der Waals surface area contributed by atoms with Gasteiger partial charge in [-0.05, 0) is 72.9 Å². The van der Waals surface area contributed by atoms with Crippen LogP contribution < -0.4 is 15.0 Å². The van der Waals surface area contributed by atoms with Gasteiger partial charge in [0.05, 0.1) is 12.6 Å². The number of benzene rings is 3. The number of fused-ring (bicyclic) bond motifs is 1. The molecular formula is C29H32N4O2. The Balaban J connectivity index is 1.69. The fraction of sp³-hybridized carbons (Fsp3) is 0.276. The van der Waals surface area contributed by atoms with E-state index in [0.717, 1.165) is 64.6 Å². The van der Waals surface area contributed by atoms with Crippen LogP contribution in [-0.2, 0) is 11.3 Å². The van der Waals surface area contributed by atoms with Crippen LogP contribution in [0.4, 0.5) is 11.5 Å². The SMILES string of the molecule is CCCN(Cc1cc(-c2ccc(NC(C)=O)cc2)ccc1C)c1nc(C)nc2cc(OC)ccc12. The number of carbonyl (C=O) groups is 1. The highest BCUT2D eigenvalue weighted by Crippen LogP contribution is 2.30. The molecule has 4 aromatic rings.